The second-order valence-electron chi connectivity index (χ2n) is 3.44. The summed E-state index contributed by atoms with van der Waals surface area (Å²) >= 11 is 0. The average molecular weight is 194 g/mol. The quantitative estimate of drug-likeness (QED) is 0.654. The van der Waals surface area contributed by atoms with Crippen LogP contribution < -0.4 is 11.2 Å². The molecule has 0 radical (unpaired) electrons. The van der Waals surface area contributed by atoms with E-state index in [1.165, 1.54) is 6.20 Å². The molecule has 74 valence electrons. The molecule has 1 aromatic heterocycles. The van der Waals surface area contributed by atoms with Crippen molar-refractivity contribution >= 4 is 5.78 Å². The molecule has 0 saturated heterocycles. The molecule has 1 heterocycles. The molecule has 0 spiro atoms. The van der Waals surface area contributed by atoms with Crippen molar-refractivity contribution < 1.29 is 4.79 Å². The van der Waals surface area contributed by atoms with Gasteiger partial charge >= 0.3 is 5.69 Å². The molecule has 1 atom stereocenters. The van der Waals surface area contributed by atoms with Crippen LogP contribution in [0.2, 0.25) is 0 Å². The highest BCUT2D eigenvalue weighted by molar-refractivity contribution is 5.87. The van der Waals surface area contributed by atoms with Crippen molar-refractivity contribution in [3.05, 3.63) is 32.6 Å². The van der Waals surface area contributed by atoms with Gasteiger partial charge in [0.05, 0.1) is 0 Å². The van der Waals surface area contributed by atoms with Crippen molar-refractivity contribution in [2.45, 2.75) is 25.2 Å². The fourth-order valence-electron chi connectivity index (χ4n) is 1.82. The van der Waals surface area contributed by atoms with Crippen LogP contribution in [-0.4, -0.2) is 15.8 Å². The molecular formula is C9H10N2O3. The lowest BCUT2D eigenvalue weighted by molar-refractivity contribution is -0.118. The lowest BCUT2D eigenvalue weighted by Gasteiger charge is -2.04. The van der Waals surface area contributed by atoms with Gasteiger partial charge in [0.15, 0.2) is 0 Å². The molecule has 1 fully saturated rings. The molecule has 0 aliphatic heterocycles. The number of aromatic nitrogens is 2. The van der Waals surface area contributed by atoms with E-state index < -0.39 is 11.2 Å². The predicted molar refractivity (Wildman–Crippen MR) is 49.3 cm³/mol. The Morgan fingerprint density at radius 3 is 2.64 bits per heavy atom. The molecule has 0 bridgehead atoms. The molecule has 14 heavy (non-hydrogen) atoms. The van der Waals surface area contributed by atoms with E-state index in [4.69, 9.17) is 0 Å². The zero-order valence-corrected chi connectivity index (χ0v) is 7.50. The monoisotopic (exact) mass is 194 g/mol. The van der Waals surface area contributed by atoms with E-state index in [9.17, 15) is 14.4 Å². The number of nitrogens with one attached hydrogen (secondary N) is 2. The summed E-state index contributed by atoms with van der Waals surface area (Å²) in [5.41, 5.74) is -0.606. The number of H-pyrrole nitrogens is 2. The number of aromatic amines is 2. The van der Waals surface area contributed by atoms with Crippen LogP contribution in [0.15, 0.2) is 15.8 Å². The molecule has 5 heteroatoms. The van der Waals surface area contributed by atoms with Gasteiger partial charge in [0.25, 0.3) is 5.56 Å². The van der Waals surface area contributed by atoms with Gasteiger partial charge in [-0.15, -0.1) is 0 Å². The van der Waals surface area contributed by atoms with Crippen molar-refractivity contribution in [3.8, 4) is 0 Å². The number of ketones is 1. The van der Waals surface area contributed by atoms with Crippen LogP contribution in [0.1, 0.15) is 30.7 Å². The molecule has 1 aromatic rings. The van der Waals surface area contributed by atoms with Crippen molar-refractivity contribution in [3.63, 3.8) is 0 Å². The molecule has 1 aliphatic rings. The summed E-state index contributed by atoms with van der Waals surface area (Å²) in [7, 11) is 0. The van der Waals surface area contributed by atoms with Gasteiger partial charge in [0.2, 0.25) is 0 Å². The molecule has 1 aliphatic carbocycles. The highest BCUT2D eigenvalue weighted by atomic mass is 16.2. The smallest absolute Gasteiger partial charge is 0.314 e. The van der Waals surface area contributed by atoms with Crippen LogP contribution in [0.3, 0.4) is 0 Å². The van der Waals surface area contributed by atoms with Gasteiger partial charge in [-0.3, -0.25) is 14.6 Å². The number of hydrogen-bond donors (Lipinski definition) is 2. The van der Waals surface area contributed by atoms with Crippen molar-refractivity contribution in [1.29, 1.82) is 0 Å². The van der Waals surface area contributed by atoms with E-state index in [0.29, 0.717) is 18.4 Å². The molecule has 1 saturated carbocycles. The second kappa shape index (κ2) is 3.25. The van der Waals surface area contributed by atoms with E-state index >= 15 is 0 Å². The Kier molecular flexibility index (Phi) is 2.07. The molecule has 2 rings (SSSR count). The summed E-state index contributed by atoms with van der Waals surface area (Å²) in [5, 5.41) is 0. The lowest BCUT2D eigenvalue weighted by atomic mass is 10.00. The van der Waals surface area contributed by atoms with Crippen molar-refractivity contribution in [2.24, 2.45) is 0 Å². The van der Waals surface area contributed by atoms with Gasteiger partial charge in [-0.05, 0) is 12.8 Å². The maximum atomic E-state index is 11.4. The maximum absolute atomic E-state index is 11.4. The predicted octanol–water partition coefficient (Wildman–Crippen LogP) is -0.100. The van der Waals surface area contributed by atoms with Gasteiger partial charge < -0.3 is 4.98 Å². The highest BCUT2D eigenvalue weighted by Crippen LogP contribution is 2.28. The Morgan fingerprint density at radius 2 is 2.07 bits per heavy atom. The van der Waals surface area contributed by atoms with Crippen LogP contribution in [0, 0.1) is 0 Å². The molecule has 1 unspecified atom stereocenters. The lowest BCUT2D eigenvalue weighted by Crippen LogP contribution is -2.27. The first-order chi connectivity index (χ1) is 6.68. The third kappa shape index (κ3) is 1.41. The van der Waals surface area contributed by atoms with E-state index in [1.807, 2.05) is 0 Å². The molecular weight excluding hydrogens is 184 g/mol. The Balaban J connectivity index is 2.46. The first-order valence-corrected chi connectivity index (χ1v) is 4.53. The largest absolute Gasteiger partial charge is 0.325 e. The van der Waals surface area contributed by atoms with E-state index in [1.54, 1.807) is 0 Å². The fourth-order valence-corrected chi connectivity index (χ4v) is 1.82. The topological polar surface area (TPSA) is 82.8 Å². The first kappa shape index (κ1) is 8.93. The van der Waals surface area contributed by atoms with Gasteiger partial charge in [0, 0.05) is 24.1 Å². The Bertz CT molecular complexity index is 471. The first-order valence-electron chi connectivity index (χ1n) is 4.53. The zero-order chi connectivity index (χ0) is 10.1. The highest BCUT2D eigenvalue weighted by Gasteiger charge is 2.28. The van der Waals surface area contributed by atoms with Gasteiger partial charge in [0.1, 0.15) is 5.78 Å². The van der Waals surface area contributed by atoms with Crippen LogP contribution in [0.25, 0.3) is 0 Å². The SMILES string of the molecule is O=C1CCCC1c1c[nH]c(=O)[nH]c1=O. The van der Waals surface area contributed by atoms with Crippen LogP contribution in [0.4, 0.5) is 0 Å². The minimum absolute atomic E-state index is 0.0857. The summed E-state index contributed by atoms with van der Waals surface area (Å²) in [5.74, 6) is -0.238. The van der Waals surface area contributed by atoms with Gasteiger partial charge in [-0.1, -0.05) is 0 Å². The minimum Gasteiger partial charge on any atom is -0.314 e. The zero-order valence-electron chi connectivity index (χ0n) is 7.50. The summed E-state index contributed by atoms with van der Waals surface area (Å²) < 4.78 is 0. The molecule has 0 amide bonds. The van der Waals surface area contributed by atoms with Gasteiger partial charge in [-0.25, -0.2) is 4.79 Å². The van der Waals surface area contributed by atoms with Crippen LogP contribution >= 0.6 is 0 Å². The maximum Gasteiger partial charge on any atom is 0.325 e. The number of Topliss-reactive ketones (excluding diaryl/α,β-unsaturated/α-hetero) is 1. The Morgan fingerprint density at radius 1 is 1.29 bits per heavy atom. The summed E-state index contributed by atoms with van der Waals surface area (Å²) in [4.78, 5) is 37.9. The van der Waals surface area contributed by atoms with E-state index in [-0.39, 0.29) is 11.7 Å². The van der Waals surface area contributed by atoms with E-state index in [0.717, 1.165) is 6.42 Å². The van der Waals surface area contributed by atoms with Crippen LogP contribution in [0.5, 0.6) is 0 Å². The van der Waals surface area contributed by atoms with Crippen molar-refractivity contribution in [2.75, 3.05) is 0 Å². The molecule has 0 aromatic carbocycles. The summed E-state index contributed by atoms with van der Waals surface area (Å²) in [6.07, 6.45) is 3.40. The van der Waals surface area contributed by atoms with Gasteiger partial charge in [-0.2, -0.15) is 0 Å². The average Bonchev–Trinajstić information content (AvgIpc) is 2.52. The third-order valence-corrected chi connectivity index (χ3v) is 2.53. The molecule has 5 nitrogen and oxygen atoms in total. The number of hydrogen-bond acceptors (Lipinski definition) is 3. The second-order valence-corrected chi connectivity index (χ2v) is 3.44. The van der Waals surface area contributed by atoms with E-state index in [2.05, 4.69) is 9.97 Å². The Labute approximate surface area is 79.2 Å². The van der Waals surface area contributed by atoms with Crippen LogP contribution in [-0.2, 0) is 4.79 Å². The third-order valence-electron chi connectivity index (χ3n) is 2.53. The Hall–Kier alpha value is -1.65. The summed E-state index contributed by atoms with van der Waals surface area (Å²) in [6.45, 7) is 0. The minimum atomic E-state index is -0.538. The normalized spacial score (nSPS) is 21.4. The number of carbonyl (C=O) groups is 1. The molecule has 2 N–H and O–H groups in total. The fraction of sp³-hybridized carbons (Fsp3) is 0.444. The standard InChI is InChI=1S/C9H10N2O3/c12-7-3-1-2-5(7)6-4-10-9(14)11-8(6)13/h4-5H,1-3H2,(H2,10,11,13,14). The van der Waals surface area contributed by atoms with Crippen molar-refractivity contribution in [1.82, 2.24) is 9.97 Å². The number of rotatable bonds is 1. The summed E-state index contributed by atoms with van der Waals surface area (Å²) in [6, 6.07) is 0. The number of carbonyl (C=O) groups excluding carboxylic acids is 1.